The lowest BCUT2D eigenvalue weighted by Gasteiger charge is -2.39. The van der Waals surface area contributed by atoms with Gasteiger partial charge in [-0.2, -0.15) is 0 Å². The Morgan fingerprint density at radius 1 is 1.32 bits per heavy atom. The van der Waals surface area contributed by atoms with Gasteiger partial charge in [0.15, 0.2) is 5.60 Å². The van der Waals surface area contributed by atoms with Gasteiger partial charge in [-0.05, 0) is 19.1 Å². The van der Waals surface area contributed by atoms with Crippen molar-refractivity contribution >= 4 is 11.8 Å². The van der Waals surface area contributed by atoms with Crippen LogP contribution in [0.25, 0.3) is 0 Å². The molecule has 5 heteroatoms. The largest absolute Gasteiger partial charge is 0.362 e. The molecule has 1 atom stereocenters. The van der Waals surface area contributed by atoms with Crippen molar-refractivity contribution in [3.8, 4) is 0 Å². The highest BCUT2D eigenvalue weighted by Crippen LogP contribution is 2.19. The molecule has 1 aromatic carbocycles. The number of carbonyl (C=O) groups excluding carboxylic acids is 2. The van der Waals surface area contributed by atoms with Crippen molar-refractivity contribution in [1.82, 2.24) is 10.2 Å². The summed E-state index contributed by atoms with van der Waals surface area (Å²) in [6.45, 7) is 2.83. The lowest BCUT2D eigenvalue weighted by Crippen LogP contribution is -2.58. The van der Waals surface area contributed by atoms with Crippen molar-refractivity contribution in [2.75, 3.05) is 26.7 Å². The van der Waals surface area contributed by atoms with Crippen LogP contribution in [0.3, 0.4) is 0 Å². The molecule has 1 aliphatic rings. The first kappa shape index (κ1) is 13.5. The van der Waals surface area contributed by atoms with Gasteiger partial charge in [-0.15, -0.1) is 0 Å². The second kappa shape index (κ2) is 5.40. The van der Waals surface area contributed by atoms with Crippen LogP contribution in [0, 0.1) is 0 Å². The minimum atomic E-state index is -0.975. The first-order valence-electron chi connectivity index (χ1n) is 6.27. The van der Waals surface area contributed by atoms with E-state index in [9.17, 15) is 9.59 Å². The Morgan fingerprint density at radius 3 is 2.63 bits per heavy atom. The number of carbonyl (C=O) groups is 2. The van der Waals surface area contributed by atoms with Crippen molar-refractivity contribution in [3.05, 3.63) is 35.9 Å². The summed E-state index contributed by atoms with van der Waals surface area (Å²) in [6, 6.07) is 9.06. The van der Waals surface area contributed by atoms with Crippen molar-refractivity contribution in [2.24, 2.45) is 0 Å². The molecule has 0 saturated carbocycles. The van der Waals surface area contributed by atoms with Crippen molar-refractivity contribution in [1.29, 1.82) is 0 Å². The Kier molecular flexibility index (Phi) is 3.85. The minimum absolute atomic E-state index is 0.0703. The number of ether oxygens (including phenoxy) is 1. The predicted molar refractivity (Wildman–Crippen MR) is 70.8 cm³/mol. The summed E-state index contributed by atoms with van der Waals surface area (Å²) in [6.07, 6.45) is 0. The average Bonchev–Trinajstić information content (AvgIpc) is 2.46. The number of hydrogen-bond acceptors (Lipinski definition) is 3. The molecule has 0 spiro atoms. The van der Waals surface area contributed by atoms with Crippen LogP contribution in [0.1, 0.15) is 17.3 Å². The first-order valence-corrected chi connectivity index (χ1v) is 6.27. The molecule has 0 aromatic heterocycles. The van der Waals surface area contributed by atoms with Gasteiger partial charge >= 0.3 is 0 Å². The van der Waals surface area contributed by atoms with Crippen LogP contribution in [0.15, 0.2) is 30.3 Å². The highest BCUT2D eigenvalue weighted by molar-refractivity contribution is 5.95. The molecule has 0 radical (unpaired) electrons. The maximum absolute atomic E-state index is 12.3. The second-order valence-corrected chi connectivity index (χ2v) is 4.75. The Bertz CT molecular complexity index is 475. The van der Waals surface area contributed by atoms with Gasteiger partial charge in [0.1, 0.15) is 0 Å². The number of nitrogens with one attached hydrogen (secondary N) is 1. The summed E-state index contributed by atoms with van der Waals surface area (Å²) in [5.41, 5.74) is -0.346. The van der Waals surface area contributed by atoms with Gasteiger partial charge in [-0.1, -0.05) is 18.2 Å². The van der Waals surface area contributed by atoms with E-state index in [2.05, 4.69) is 5.32 Å². The molecule has 1 aromatic rings. The van der Waals surface area contributed by atoms with E-state index in [4.69, 9.17) is 4.74 Å². The summed E-state index contributed by atoms with van der Waals surface area (Å²) in [7, 11) is 1.56. The molecule has 0 bridgehead atoms. The quantitative estimate of drug-likeness (QED) is 0.852. The second-order valence-electron chi connectivity index (χ2n) is 4.75. The van der Waals surface area contributed by atoms with Gasteiger partial charge in [-0.3, -0.25) is 9.59 Å². The highest BCUT2D eigenvalue weighted by Gasteiger charge is 2.40. The SMILES string of the molecule is CNC(=O)C1(C)CN(C(=O)c2ccccc2)CCO1. The summed E-state index contributed by atoms with van der Waals surface area (Å²) >= 11 is 0. The fourth-order valence-corrected chi connectivity index (χ4v) is 2.21. The van der Waals surface area contributed by atoms with E-state index in [1.807, 2.05) is 18.2 Å². The third-order valence-corrected chi connectivity index (χ3v) is 3.29. The fourth-order valence-electron chi connectivity index (χ4n) is 2.21. The molecule has 0 aliphatic carbocycles. The standard InChI is InChI=1S/C14H18N2O3/c1-14(13(18)15-2)10-16(8-9-19-14)12(17)11-6-4-3-5-7-11/h3-7H,8-10H2,1-2H3,(H,15,18). The zero-order valence-corrected chi connectivity index (χ0v) is 11.2. The maximum Gasteiger partial charge on any atom is 0.254 e. The van der Waals surface area contributed by atoms with Crippen LogP contribution < -0.4 is 5.32 Å². The van der Waals surface area contributed by atoms with Crippen LogP contribution in [-0.4, -0.2) is 49.1 Å². The van der Waals surface area contributed by atoms with Crippen molar-refractivity contribution in [3.63, 3.8) is 0 Å². The molecule has 1 saturated heterocycles. The van der Waals surface area contributed by atoms with Crippen LogP contribution >= 0.6 is 0 Å². The van der Waals surface area contributed by atoms with Gasteiger partial charge in [0.2, 0.25) is 0 Å². The third-order valence-electron chi connectivity index (χ3n) is 3.29. The normalized spacial score (nSPS) is 22.9. The van der Waals surface area contributed by atoms with Crippen molar-refractivity contribution in [2.45, 2.75) is 12.5 Å². The molecule has 1 fully saturated rings. The number of nitrogens with zero attached hydrogens (tertiary/aromatic N) is 1. The van der Waals surface area contributed by atoms with Crippen molar-refractivity contribution < 1.29 is 14.3 Å². The summed E-state index contributed by atoms with van der Waals surface area (Å²) in [4.78, 5) is 25.8. The zero-order valence-electron chi connectivity index (χ0n) is 11.2. The highest BCUT2D eigenvalue weighted by atomic mass is 16.5. The number of amides is 2. The third kappa shape index (κ3) is 2.76. The molecular weight excluding hydrogens is 244 g/mol. The molecule has 1 heterocycles. The summed E-state index contributed by atoms with van der Waals surface area (Å²) in [5.74, 6) is -0.280. The van der Waals surface area contributed by atoms with E-state index in [-0.39, 0.29) is 18.4 Å². The van der Waals surface area contributed by atoms with Crippen LogP contribution in [0.2, 0.25) is 0 Å². The Morgan fingerprint density at radius 2 is 2.00 bits per heavy atom. The van der Waals surface area contributed by atoms with E-state index in [1.54, 1.807) is 31.0 Å². The molecule has 1 unspecified atom stereocenters. The van der Waals surface area contributed by atoms with Crippen LogP contribution in [0.5, 0.6) is 0 Å². The lowest BCUT2D eigenvalue weighted by atomic mass is 10.0. The van der Waals surface area contributed by atoms with Gasteiger partial charge < -0.3 is 15.0 Å². The summed E-state index contributed by atoms with van der Waals surface area (Å²) < 4.78 is 5.53. The predicted octanol–water partition coefficient (Wildman–Crippen LogP) is 0.664. The number of morpholine rings is 1. The van der Waals surface area contributed by atoms with E-state index in [1.165, 1.54) is 0 Å². The molecular formula is C14H18N2O3. The monoisotopic (exact) mass is 262 g/mol. The fraction of sp³-hybridized carbons (Fsp3) is 0.429. The Labute approximate surface area is 112 Å². The molecule has 19 heavy (non-hydrogen) atoms. The van der Waals surface area contributed by atoms with Gasteiger partial charge in [0.25, 0.3) is 11.8 Å². The Balaban J connectivity index is 2.14. The van der Waals surface area contributed by atoms with E-state index in [0.717, 1.165) is 0 Å². The molecule has 2 amide bonds. The topological polar surface area (TPSA) is 58.6 Å². The van der Waals surface area contributed by atoms with E-state index in [0.29, 0.717) is 18.7 Å². The molecule has 1 N–H and O–H groups in total. The smallest absolute Gasteiger partial charge is 0.254 e. The first-order chi connectivity index (χ1) is 9.07. The van der Waals surface area contributed by atoms with E-state index < -0.39 is 5.60 Å². The summed E-state index contributed by atoms with van der Waals surface area (Å²) in [5, 5.41) is 2.57. The Hall–Kier alpha value is -1.88. The number of rotatable bonds is 2. The average molecular weight is 262 g/mol. The van der Waals surface area contributed by atoms with Gasteiger partial charge in [0.05, 0.1) is 13.2 Å². The van der Waals surface area contributed by atoms with Gasteiger partial charge in [-0.25, -0.2) is 0 Å². The van der Waals surface area contributed by atoms with Gasteiger partial charge in [0, 0.05) is 19.2 Å². The molecule has 1 aliphatic heterocycles. The maximum atomic E-state index is 12.3. The zero-order chi connectivity index (χ0) is 13.9. The molecule has 5 nitrogen and oxygen atoms in total. The number of likely N-dealkylation sites (N-methyl/N-ethyl adjacent to an activating group) is 1. The number of benzene rings is 1. The molecule has 102 valence electrons. The minimum Gasteiger partial charge on any atom is -0.362 e. The van der Waals surface area contributed by atoms with E-state index >= 15 is 0 Å². The number of hydrogen-bond donors (Lipinski definition) is 1. The molecule has 2 rings (SSSR count). The lowest BCUT2D eigenvalue weighted by molar-refractivity contribution is -0.153. The van der Waals surface area contributed by atoms with Crippen LogP contribution in [0.4, 0.5) is 0 Å². The van der Waals surface area contributed by atoms with Crippen LogP contribution in [-0.2, 0) is 9.53 Å².